The summed E-state index contributed by atoms with van der Waals surface area (Å²) in [6, 6.07) is 17.5. The normalized spacial score (nSPS) is 9.95. The average molecular weight is 284 g/mol. The number of nitrogens with one attached hydrogen (secondary N) is 2. The summed E-state index contributed by atoms with van der Waals surface area (Å²) >= 11 is 0. The minimum absolute atomic E-state index is 0.0415. The van der Waals surface area contributed by atoms with Crippen LogP contribution in [0.3, 0.4) is 0 Å². The van der Waals surface area contributed by atoms with Gasteiger partial charge in [-0.2, -0.15) is 0 Å². The highest BCUT2D eigenvalue weighted by molar-refractivity contribution is 5.76. The lowest BCUT2D eigenvalue weighted by atomic mass is 10.2. The highest BCUT2D eigenvalue weighted by atomic mass is 16.5. The molecule has 4 nitrogen and oxygen atoms in total. The van der Waals surface area contributed by atoms with Gasteiger partial charge in [0.15, 0.2) is 0 Å². The molecule has 1 amide bonds. The molecule has 21 heavy (non-hydrogen) atoms. The molecule has 0 fully saturated rings. The minimum Gasteiger partial charge on any atom is -0.497 e. The summed E-state index contributed by atoms with van der Waals surface area (Å²) in [6.45, 7) is 1.18. The molecule has 0 spiro atoms. The topological polar surface area (TPSA) is 50.4 Å². The van der Waals surface area contributed by atoms with Gasteiger partial charge in [0.2, 0.25) is 5.91 Å². The molecule has 0 aliphatic heterocycles. The largest absolute Gasteiger partial charge is 0.497 e. The molecule has 0 saturated carbocycles. The van der Waals surface area contributed by atoms with Crippen molar-refractivity contribution in [2.24, 2.45) is 0 Å². The first-order valence-electron chi connectivity index (χ1n) is 6.96. The highest BCUT2D eigenvalue weighted by Gasteiger charge is 2.01. The zero-order valence-corrected chi connectivity index (χ0v) is 12.1. The van der Waals surface area contributed by atoms with Gasteiger partial charge in [-0.05, 0) is 29.8 Å². The molecular formula is C17H20N2O2. The Bertz CT molecular complexity index is 553. The minimum atomic E-state index is 0.0415. The summed E-state index contributed by atoms with van der Waals surface area (Å²) in [4.78, 5) is 11.7. The Balaban J connectivity index is 1.66. The second-order valence-corrected chi connectivity index (χ2v) is 4.67. The van der Waals surface area contributed by atoms with Gasteiger partial charge in [-0.25, -0.2) is 0 Å². The highest BCUT2D eigenvalue weighted by Crippen LogP contribution is 2.14. The summed E-state index contributed by atoms with van der Waals surface area (Å²) in [5.41, 5.74) is 2.08. The molecule has 0 atom stereocenters. The van der Waals surface area contributed by atoms with Gasteiger partial charge in [0.1, 0.15) is 5.75 Å². The second kappa shape index (κ2) is 7.94. The molecule has 0 aliphatic carbocycles. The Hall–Kier alpha value is -2.49. The maximum Gasteiger partial charge on any atom is 0.222 e. The number of methoxy groups -OCH3 is 1. The lowest BCUT2D eigenvalue weighted by Gasteiger charge is -2.08. The SMILES string of the molecule is COc1ccc(NCCC(=O)NCc2ccccc2)cc1. The van der Waals surface area contributed by atoms with Crippen LogP contribution in [0.2, 0.25) is 0 Å². The van der Waals surface area contributed by atoms with Gasteiger partial charge in [0.05, 0.1) is 7.11 Å². The van der Waals surface area contributed by atoms with Gasteiger partial charge in [0.25, 0.3) is 0 Å². The van der Waals surface area contributed by atoms with Crippen LogP contribution in [-0.2, 0) is 11.3 Å². The molecule has 4 heteroatoms. The molecule has 0 unspecified atom stereocenters. The molecule has 0 aliphatic rings. The van der Waals surface area contributed by atoms with Crippen molar-refractivity contribution in [2.45, 2.75) is 13.0 Å². The van der Waals surface area contributed by atoms with E-state index in [1.807, 2.05) is 54.6 Å². The molecule has 2 rings (SSSR count). The van der Waals surface area contributed by atoms with E-state index in [9.17, 15) is 4.79 Å². The number of hydrogen-bond acceptors (Lipinski definition) is 3. The van der Waals surface area contributed by atoms with Crippen molar-refractivity contribution in [3.05, 3.63) is 60.2 Å². The molecule has 2 N–H and O–H groups in total. The van der Waals surface area contributed by atoms with Crippen LogP contribution in [0.1, 0.15) is 12.0 Å². The lowest BCUT2D eigenvalue weighted by molar-refractivity contribution is -0.121. The number of amides is 1. The summed E-state index contributed by atoms with van der Waals surface area (Å²) in [5, 5.41) is 6.11. The van der Waals surface area contributed by atoms with Crippen LogP contribution in [0.4, 0.5) is 5.69 Å². The smallest absolute Gasteiger partial charge is 0.222 e. The third-order valence-electron chi connectivity index (χ3n) is 3.10. The van der Waals surface area contributed by atoms with Crippen molar-refractivity contribution in [3.8, 4) is 5.75 Å². The van der Waals surface area contributed by atoms with E-state index in [0.29, 0.717) is 19.5 Å². The van der Waals surface area contributed by atoms with Gasteiger partial charge in [-0.15, -0.1) is 0 Å². The zero-order valence-electron chi connectivity index (χ0n) is 12.1. The predicted molar refractivity (Wildman–Crippen MR) is 84.4 cm³/mol. The van der Waals surface area contributed by atoms with Crippen LogP contribution >= 0.6 is 0 Å². The third kappa shape index (κ3) is 5.18. The fraction of sp³-hybridized carbons (Fsp3) is 0.235. The van der Waals surface area contributed by atoms with Crippen LogP contribution in [0, 0.1) is 0 Å². The molecule has 0 heterocycles. The number of anilines is 1. The Morgan fingerprint density at radius 1 is 1.05 bits per heavy atom. The average Bonchev–Trinajstić information content (AvgIpc) is 2.54. The number of carbonyl (C=O) groups is 1. The first kappa shape index (κ1) is 14.9. The number of ether oxygens (including phenoxy) is 1. The number of rotatable bonds is 7. The van der Waals surface area contributed by atoms with E-state index >= 15 is 0 Å². The van der Waals surface area contributed by atoms with Crippen molar-refractivity contribution in [2.75, 3.05) is 19.0 Å². The van der Waals surface area contributed by atoms with E-state index in [4.69, 9.17) is 4.74 Å². The van der Waals surface area contributed by atoms with Crippen LogP contribution in [0.5, 0.6) is 5.75 Å². The quantitative estimate of drug-likeness (QED) is 0.822. The maximum absolute atomic E-state index is 11.7. The number of hydrogen-bond donors (Lipinski definition) is 2. The molecule has 0 radical (unpaired) electrons. The molecule has 110 valence electrons. The predicted octanol–water partition coefficient (Wildman–Crippen LogP) is 2.81. The molecule has 0 aromatic heterocycles. The number of carbonyl (C=O) groups excluding carboxylic acids is 1. The standard InChI is InChI=1S/C17H20N2O2/c1-21-16-9-7-15(8-10-16)18-12-11-17(20)19-13-14-5-3-2-4-6-14/h2-10,18H,11-13H2,1H3,(H,19,20). The first-order valence-corrected chi connectivity index (χ1v) is 6.96. The Labute approximate surface area is 125 Å². The molecule has 2 aromatic rings. The molecule has 0 saturated heterocycles. The van der Waals surface area contributed by atoms with Gasteiger partial charge in [0, 0.05) is 25.2 Å². The summed E-state index contributed by atoms with van der Waals surface area (Å²) in [6.07, 6.45) is 0.443. The van der Waals surface area contributed by atoms with Gasteiger partial charge >= 0.3 is 0 Å². The van der Waals surface area contributed by atoms with Gasteiger partial charge in [-0.3, -0.25) is 4.79 Å². The first-order chi connectivity index (χ1) is 10.3. The Kier molecular flexibility index (Phi) is 5.64. The third-order valence-corrected chi connectivity index (χ3v) is 3.10. The summed E-state index contributed by atoms with van der Waals surface area (Å²) in [7, 11) is 1.64. The van der Waals surface area contributed by atoms with Crippen molar-refractivity contribution in [1.82, 2.24) is 5.32 Å². The Morgan fingerprint density at radius 3 is 2.43 bits per heavy atom. The fourth-order valence-corrected chi connectivity index (χ4v) is 1.91. The van der Waals surface area contributed by atoms with Crippen LogP contribution in [0.15, 0.2) is 54.6 Å². The Morgan fingerprint density at radius 2 is 1.76 bits per heavy atom. The van der Waals surface area contributed by atoms with E-state index < -0.39 is 0 Å². The monoisotopic (exact) mass is 284 g/mol. The van der Waals surface area contributed by atoms with E-state index in [1.165, 1.54) is 0 Å². The zero-order chi connectivity index (χ0) is 14.9. The van der Waals surface area contributed by atoms with E-state index in [2.05, 4.69) is 10.6 Å². The van der Waals surface area contributed by atoms with Crippen LogP contribution in [0.25, 0.3) is 0 Å². The van der Waals surface area contributed by atoms with Crippen LogP contribution < -0.4 is 15.4 Å². The van der Waals surface area contributed by atoms with Crippen molar-refractivity contribution >= 4 is 11.6 Å². The lowest BCUT2D eigenvalue weighted by Crippen LogP contribution is -2.24. The van der Waals surface area contributed by atoms with Crippen molar-refractivity contribution in [3.63, 3.8) is 0 Å². The number of benzene rings is 2. The van der Waals surface area contributed by atoms with Crippen molar-refractivity contribution < 1.29 is 9.53 Å². The summed E-state index contributed by atoms with van der Waals surface area (Å²) in [5.74, 6) is 0.862. The molecule has 2 aromatic carbocycles. The second-order valence-electron chi connectivity index (χ2n) is 4.67. The maximum atomic E-state index is 11.7. The van der Waals surface area contributed by atoms with Gasteiger partial charge < -0.3 is 15.4 Å². The van der Waals surface area contributed by atoms with E-state index in [-0.39, 0.29) is 5.91 Å². The molecule has 0 bridgehead atoms. The van der Waals surface area contributed by atoms with Crippen molar-refractivity contribution in [1.29, 1.82) is 0 Å². The summed E-state index contributed by atoms with van der Waals surface area (Å²) < 4.78 is 5.09. The van der Waals surface area contributed by atoms with Gasteiger partial charge in [-0.1, -0.05) is 30.3 Å². The van der Waals surface area contributed by atoms with E-state index in [0.717, 1.165) is 17.0 Å². The fourth-order valence-electron chi connectivity index (χ4n) is 1.91. The van der Waals surface area contributed by atoms with Crippen LogP contribution in [-0.4, -0.2) is 19.6 Å². The molecular weight excluding hydrogens is 264 g/mol. The van der Waals surface area contributed by atoms with E-state index in [1.54, 1.807) is 7.11 Å².